The Labute approximate surface area is 155 Å². The van der Waals surface area contributed by atoms with Gasteiger partial charge in [0, 0.05) is 25.2 Å². The lowest BCUT2D eigenvalue weighted by Crippen LogP contribution is -2.56. The van der Waals surface area contributed by atoms with Crippen LogP contribution in [0.15, 0.2) is 23.8 Å². The molecular formula is C23H30O3. The van der Waals surface area contributed by atoms with E-state index in [1.54, 1.807) is 0 Å². The lowest BCUT2D eigenvalue weighted by Gasteiger charge is -2.59. The third-order valence-electron chi connectivity index (χ3n) is 9.41. The molecule has 0 bridgehead atoms. The molecule has 4 unspecified atom stereocenters. The molecular weight excluding hydrogens is 324 g/mol. The van der Waals surface area contributed by atoms with Crippen LogP contribution in [0.4, 0.5) is 0 Å². The van der Waals surface area contributed by atoms with Crippen LogP contribution in [0.5, 0.6) is 0 Å². The Morgan fingerprint density at radius 1 is 1.12 bits per heavy atom. The highest BCUT2D eigenvalue weighted by Gasteiger charge is 2.66. The molecule has 0 aromatic rings. The van der Waals surface area contributed by atoms with Gasteiger partial charge in [-0.15, -0.1) is 0 Å². The number of carbonyl (C=O) groups excluding carboxylic acids is 2. The highest BCUT2D eigenvalue weighted by molar-refractivity contribution is 5.92. The lowest BCUT2D eigenvalue weighted by atomic mass is 9.45. The predicted octanol–water partition coefficient (Wildman–Crippen LogP) is 4.00. The van der Waals surface area contributed by atoms with Crippen molar-refractivity contribution in [3.63, 3.8) is 0 Å². The van der Waals surface area contributed by atoms with Crippen LogP contribution in [-0.2, 0) is 9.59 Å². The molecule has 3 fully saturated rings. The van der Waals surface area contributed by atoms with Crippen LogP contribution in [0, 0.1) is 34.0 Å². The summed E-state index contributed by atoms with van der Waals surface area (Å²) in [5.74, 6) is 1.77. The minimum Gasteiger partial charge on any atom is -0.393 e. The first-order chi connectivity index (χ1) is 12.3. The van der Waals surface area contributed by atoms with Gasteiger partial charge < -0.3 is 5.11 Å². The van der Waals surface area contributed by atoms with Gasteiger partial charge in [-0.2, -0.15) is 0 Å². The van der Waals surface area contributed by atoms with Gasteiger partial charge >= 0.3 is 0 Å². The minimum atomic E-state index is -0.349. The molecule has 7 atom stereocenters. The van der Waals surface area contributed by atoms with E-state index in [1.165, 1.54) is 6.42 Å². The molecule has 0 aliphatic heterocycles. The standard InChI is InChI=1S/C23H30O3/c1-21-8-5-15(24)11-14(21)3-4-17-18-7-10-23(9-6-16(25)12-23)22(18,2)13-19(26)20(17)21/h3-4,11,17-20,26H,5-10,12-13H2,1-2H3/t17?,18?,19?,20?,21-,22-,23+/m0/s1. The second-order valence-corrected chi connectivity index (χ2v) is 10.3. The highest BCUT2D eigenvalue weighted by atomic mass is 16.3. The zero-order chi connectivity index (χ0) is 18.3. The van der Waals surface area contributed by atoms with Gasteiger partial charge in [0.25, 0.3) is 0 Å². The summed E-state index contributed by atoms with van der Waals surface area (Å²) in [4.78, 5) is 24.1. The number of allylic oxidation sites excluding steroid dienone is 4. The van der Waals surface area contributed by atoms with Crippen molar-refractivity contribution in [2.75, 3.05) is 0 Å². The number of ketones is 2. The summed E-state index contributed by atoms with van der Waals surface area (Å²) < 4.78 is 0. The molecule has 5 aliphatic rings. The topological polar surface area (TPSA) is 54.4 Å². The number of aliphatic hydroxyl groups excluding tert-OH is 1. The fourth-order valence-electron chi connectivity index (χ4n) is 7.97. The lowest BCUT2D eigenvalue weighted by molar-refractivity contribution is -0.132. The summed E-state index contributed by atoms with van der Waals surface area (Å²) >= 11 is 0. The van der Waals surface area contributed by atoms with Crippen molar-refractivity contribution in [1.82, 2.24) is 0 Å². The van der Waals surface area contributed by atoms with Gasteiger partial charge in [-0.05, 0) is 71.8 Å². The Morgan fingerprint density at radius 3 is 2.65 bits per heavy atom. The molecule has 5 aliphatic carbocycles. The largest absolute Gasteiger partial charge is 0.393 e. The average Bonchev–Trinajstić information content (AvgIpc) is 3.09. The summed E-state index contributed by atoms with van der Waals surface area (Å²) in [6.45, 7) is 4.64. The number of rotatable bonds is 0. The van der Waals surface area contributed by atoms with Crippen molar-refractivity contribution in [3.05, 3.63) is 23.8 Å². The first kappa shape index (κ1) is 16.9. The van der Waals surface area contributed by atoms with E-state index in [0.717, 1.165) is 44.1 Å². The first-order valence-electron chi connectivity index (χ1n) is 10.4. The molecule has 0 aromatic heterocycles. The molecule has 1 spiro atoms. The van der Waals surface area contributed by atoms with E-state index in [1.807, 2.05) is 6.08 Å². The van der Waals surface area contributed by atoms with E-state index < -0.39 is 0 Å². The highest BCUT2D eigenvalue weighted by Crippen LogP contribution is 2.71. The van der Waals surface area contributed by atoms with Crippen molar-refractivity contribution in [3.8, 4) is 0 Å². The minimum absolute atomic E-state index is 0.0617. The Kier molecular flexibility index (Phi) is 3.37. The van der Waals surface area contributed by atoms with E-state index in [9.17, 15) is 14.7 Å². The van der Waals surface area contributed by atoms with Crippen LogP contribution in [0.2, 0.25) is 0 Å². The third kappa shape index (κ3) is 1.93. The molecule has 3 heteroatoms. The van der Waals surface area contributed by atoms with Gasteiger partial charge in [0.2, 0.25) is 0 Å². The number of fused-ring (bicyclic) bond motifs is 6. The fraction of sp³-hybridized carbons (Fsp3) is 0.739. The number of Topliss-reactive ketones (excluding diaryl/α,β-unsaturated/α-hetero) is 1. The molecule has 0 aromatic carbocycles. The maximum atomic E-state index is 12.1. The molecule has 140 valence electrons. The second kappa shape index (κ2) is 5.19. The zero-order valence-corrected chi connectivity index (χ0v) is 16.0. The van der Waals surface area contributed by atoms with Gasteiger partial charge in [0.1, 0.15) is 5.78 Å². The van der Waals surface area contributed by atoms with E-state index in [0.29, 0.717) is 24.0 Å². The SMILES string of the molecule is C[C@]12CCC(=O)C=C1C=CC1C2C(O)C[C@@]2(C)C1CC[C@@]21CCC(=O)C1. The normalized spacial score (nSPS) is 52.7. The zero-order valence-electron chi connectivity index (χ0n) is 16.0. The number of carbonyl (C=O) groups is 2. The maximum Gasteiger partial charge on any atom is 0.156 e. The Bertz CT molecular complexity index is 749. The number of aliphatic hydroxyl groups is 1. The summed E-state index contributed by atoms with van der Waals surface area (Å²) in [7, 11) is 0. The average molecular weight is 354 g/mol. The molecule has 0 saturated heterocycles. The Morgan fingerprint density at radius 2 is 1.92 bits per heavy atom. The third-order valence-corrected chi connectivity index (χ3v) is 9.41. The summed E-state index contributed by atoms with van der Waals surface area (Å²) in [5.41, 5.74) is 1.22. The van der Waals surface area contributed by atoms with Gasteiger partial charge in [-0.3, -0.25) is 9.59 Å². The van der Waals surface area contributed by atoms with Crippen molar-refractivity contribution in [1.29, 1.82) is 0 Å². The molecule has 3 saturated carbocycles. The van der Waals surface area contributed by atoms with Gasteiger partial charge in [0.15, 0.2) is 5.78 Å². The molecule has 3 nitrogen and oxygen atoms in total. The smallest absolute Gasteiger partial charge is 0.156 e. The van der Waals surface area contributed by atoms with Crippen molar-refractivity contribution >= 4 is 11.6 Å². The van der Waals surface area contributed by atoms with E-state index in [2.05, 4.69) is 26.0 Å². The summed E-state index contributed by atoms with van der Waals surface area (Å²) in [6, 6.07) is 0. The molecule has 0 radical (unpaired) electrons. The Hall–Kier alpha value is -1.22. The van der Waals surface area contributed by atoms with Gasteiger partial charge in [-0.1, -0.05) is 26.0 Å². The van der Waals surface area contributed by atoms with Crippen LogP contribution >= 0.6 is 0 Å². The summed E-state index contributed by atoms with van der Waals surface area (Å²) in [5, 5.41) is 11.4. The molecule has 0 amide bonds. The number of hydrogen-bond donors (Lipinski definition) is 1. The number of hydrogen-bond acceptors (Lipinski definition) is 3. The monoisotopic (exact) mass is 354 g/mol. The van der Waals surface area contributed by atoms with E-state index in [-0.39, 0.29) is 34.1 Å². The molecule has 5 rings (SSSR count). The summed E-state index contributed by atoms with van der Waals surface area (Å²) in [6.07, 6.45) is 13.0. The van der Waals surface area contributed by atoms with Crippen molar-refractivity contribution in [2.45, 2.75) is 71.3 Å². The van der Waals surface area contributed by atoms with Gasteiger partial charge in [-0.25, -0.2) is 0 Å². The molecule has 26 heavy (non-hydrogen) atoms. The maximum absolute atomic E-state index is 12.1. The van der Waals surface area contributed by atoms with Crippen molar-refractivity contribution < 1.29 is 14.7 Å². The van der Waals surface area contributed by atoms with E-state index >= 15 is 0 Å². The van der Waals surface area contributed by atoms with E-state index in [4.69, 9.17) is 0 Å². The Balaban J connectivity index is 1.58. The fourth-order valence-corrected chi connectivity index (χ4v) is 7.97. The van der Waals surface area contributed by atoms with Crippen LogP contribution < -0.4 is 0 Å². The van der Waals surface area contributed by atoms with Crippen LogP contribution in [0.3, 0.4) is 0 Å². The van der Waals surface area contributed by atoms with Crippen LogP contribution in [-0.4, -0.2) is 22.8 Å². The molecule has 1 N–H and O–H groups in total. The molecule has 0 heterocycles. The second-order valence-electron chi connectivity index (χ2n) is 10.3. The van der Waals surface area contributed by atoms with Crippen LogP contribution in [0.1, 0.15) is 65.2 Å². The van der Waals surface area contributed by atoms with Crippen molar-refractivity contribution in [2.24, 2.45) is 34.0 Å². The van der Waals surface area contributed by atoms with Gasteiger partial charge in [0.05, 0.1) is 6.10 Å². The predicted molar refractivity (Wildman–Crippen MR) is 99.3 cm³/mol. The quantitative estimate of drug-likeness (QED) is 0.715. The first-order valence-corrected chi connectivity index (χ1v) is 10.4. The van der Waals surface area contributed by atoms with Crippen LogP contribution in [0.25, 0.3) is 0 Å².